The Morgan fingerprint density at radius 1 is 1.07 bits per heavy atom. The van der Waals surface area contributed by atoms with E-state index in [4.69, 9.17) is 0 Å². The highest BCUT2D eigenvalue weighted by atomic mass is 127. The van der Waals surface area contributed by atoms with Crippen molar-refractivity contribution in [3.05, 3.63) is 70.8 Å². The van der Waals surface area contributed by atoms with Crippen molar-refractivity contribution in [2.24, 2.45) is 4.99 Å². The number of para-hydroxylation sites is 1. The fourth-order valence-corrected chi connectivity index (χ4v) is 3.13. The van der Waals surface area contributed by atoms with Crippen LogP contribution >= 0.6 is 24.0 Å². The minimum Gasteiger partial charge on any atom is -0.361 e. The van der Waals surface area contributed by atoms with Crippen molar-refractivity contribution in [3.63, 3.8) is 0 Å². The Kier molecular flexibility index (Phi) is 9.06. The summed E-state index contributed by atoms with van der Waals surface area (Å²) >= 11 is 0. The zero-order valence-corrected chi connectivity index (χ0v) is 18.5. The molecule has 0 atom stereocenters. The van der Waals surface area contributed by atoms with Crippen LogP contribution in [0.15, 0.2) is 64.6 Å². The lowest BCUT2D eigenvalue weighted by molar-refractivity contribution is 0.585. The number of aryl methyl sites for hydroxylation is 1. The van der Waals surface area contributed by atoms with Gasteiger partial charge in [-0.25, -0.2) is 0 Å². The molecule has 3 N–H and O–H groups in total. The number of guanidine groups is 1. The Bertz CT molecular complexity index is 947. The van der Waals surface area contributed by atoms with E-state index in [2.05, 4.69) is 45.0 Å². The molecule has 0 fully saturated rings. The van der Waals surface area contributed by atoms with E-state index in [9.17, 15) is 4.79 Å². The first-order valence-electron chi connectivity index (χ1n) is 9.43. The zero-order chi connectivity index (χ0) is 18.9. The van der Waals surface area contributed by atoms with Crippen LogP contribution < -0.4 is 16.2 Å². The van der Waals surface area contributed by atoms with Crippen molar-refractivity contribution >= 4 is 40.8 Å². The number of halogens is 1. The summed E-state index contributed by atoms with van der Waals surface area (Å²) in [6, 6.07) is 13.6. The Morgan fingerprint density at radius 2 is 1.86 bits per heavy atom. The number of aromatic amines is 1. The number of hydrogen-bond donors (Lipinski definition) is 3. The van der Waals surface area contributed by atoms with Crippen molar-refractivity contribution in [2.75, 3.05) is 20.1 Å². The molecule has 0 aliphatic heterocycles. The molecule has 6 nitrogen and oxygen atoms in total. The van der Waals surface area contributed by atoms with Gasteiger partial charge in [0.2, 0.25) is 5.56 Å². The average Bonchev–Trinajstić information content (AvgIpc) is 3.11. The first kappa shape index (κ1) is 22.0. The second kappa shape index (κ2) is 11.5. The number of aromatic nitrogens is 2. The Labute approximate surface area is 182 Å². The number of nitrogens with zero attached hydrogens (tertiary/aromatic N) is 2. The quantitative estimate of drug-likeness (QED) is 0.196. The molecule has 0 spiro atoms. The molecule has 0 aliphatic carbocycles. The van der Waals surface area contributed by atoms with E-state index in [0.717, 1.165) is 44.9 Å². The summed E-state index contributed by atoms with van der Waals surface area (Å²) in [5.74, 6) is 0.812. The Hall–Kier alpha value is -2.29. The molecule has 3 rings (SSSR count). The molecule has 3 aromatic rings. The van der Waals surface area contributed by atoms with Gasteiger partial charge in [0.25, 0.3) is 0 Å². The molecule has 0 radical (unpaired) electrons. The van der Waals surface area contributed by atoms with E-state index < -0.39 is 0 Å². The van der Waals surface area contributed by atoms with Crippen LogP contribution in [0.5, 0.6) is 0 Å². The van der Waals surface area contributed by atoms with E-state index in [0.29, 0.717) is 0 Å². The van der Waals surface area contributed by atoms with Crippen LogP contribution in [0.3, 0.4) is 0 Å². The molecule has 0 unspecified atom stereocenters. The molecule has 2 aromatic heterocycles. The normalized spacial score (nSPS) is 11.2. The lowest BCUT2D eigenvalue weighted by Gasteiger charge is -2.12. The van der Waals surface area contributed by atoms with E-state index in [1.807, 2.05) is 18.3 Å². The molecule has 1 aromatic carbocycles. The van der Waals surface area contributed by atoms with Crippen LogP contribution in [0.2, 0.25) is 0 Å². The van der Waals surface area contributed by atoms with Gasteiger partial charge in [-0.3, -0.25) is 9.79 Å². The molecule has 0 saturated carbocycles. The van der Waals surface area contributed by atoms with Gasteiger partial charge >= 0.3 is 0 Å². The number of nitrogens with one attached hydrogen (secondary N) is 3. The predicted molar refractivity (Wildman–Crippen MR) is 127 cm³/mol. The van der Waals surface area contributed by atoms with Crippen molar-refractivity contribution in [1.29, 1.82) is 0 Å². The number of aliphatic imine (C=N–C) groups is 1. The first-order valence-corrected chi connectivity index (χ1v) is 9.43. The number of rotatable bonds is 8. The molecule has 7 heteroatoms. The number of unbranched alkanes of at least 4 members (excludes halogenated alkanes) is 1. The number of benzene rings is 1. The van der Waals surface area contributed by atoms with Gasteiger partial charge in [0.1, 0.15) is 0 Å². The third-order valence-corrected chi connectivity index (χ3v) is 4.60. The maximum Gasteiger partial charge on any atom is 0.250 e. The molecular formula is C21H28IN5O. The highest BCUT2D eigenvalue weighted by molar-refractivity contribution is 14.0. The summed E-state index contributed by atoms with van der Waals surface area (Å²) in [6.07, 6.45) is 6.77. The van der Waals surface area contributed by atoms with Gasteiger partial charge in [-0.1, -0.05) is 24.3 Å². The minimum absolute atomic E-state index is 0. The Balaban J connectivity index is 0.00000280. The zero-order valence-electron chi connectivity index (χ0n) is 16.1. The fraction of sp³-hybridized carbons (Fsp3) is 0.333. The molecule has 2 heterocycles. The van der Waals surface area contributed by atoms with Gasteiger partial charge in [-0.05, 0) is 37.0 Å². The summed E-state index contributed by atoms with van der Waals surface area (Å²) in [5.41, 5.74) is 2.54. The molecule has 28 heavy (non-hydrogen) atoms. The maximum atomic E-state index is 11.7. The summed E-state index contributed by atoms with van der Waals surface area (Å²) in [6.45, 7) is 2.39. The molecule has 0 bridgehead atoms. The third-order valence-electron chi connectivity index (χ3n) is 4.60. The summed E-state index contributed by atoms with van der Waals surface area (Å²) < 4.78 is 1.74. The smallest absolute Gasteiger partial charge is 0.250 e. The van der Waals surface area contributed by atoms with Crippen LogP contribution in [0, 0.1) is 0 Å². The highest BCUT2D eigenvalue weighted by Crippen LogP contribution is 2.17. The molecular weight excluding hydrogens is 465 g/mol. The van der Waals surface area contributed by atoms with Crippen molar-refractivity contribution in [2.45, 2.75) is 25.8 Å². The predicted octanol–water partition coefficient (Wildman–Crippen LogP) is 3.14. The second-order valence-electron chi connectivity index (χ2n) is 6.47. The van der Waals surface area contributed by atoms with Gasteiger partial charge in [-0.2, -0.15) is 0 Å². The third kappa shape index (κ3) is 6.12. The van der Waals surface area contributed by atoms with Gasteiger partial charge in [0, 0.05) is 56.0 Å². The first-order chi connectivity index (χ1) is 13.3. The summed E-state index contributed by atoms with van der Waals surface area (Å²) in [4.78, 5) is 19.2. The minimum atomic E-state index is 0. The summed E-state index contributed by atoms with van der Waals surface area (Å²) in [7, 11) is 1.78. The topological polar surface area (TPSA) is 74.2 Å². The molecule has 0 saturated heterocycles. The molecule has 150 valence electrons. The molecule has 0 aliphatic rings. The largest absolute Gasteiger partial charge is 0.361 e. The van der Waals surface area contributed by atoms with Crippen LogP contribution in [-0.2, 0) is 13.0 Å². The standard InChI is InChI=1S/C21H27N5O.HI/c1-22-21(23-12-5-7-15-26-14-6-4-10-20(26)27)24-13-11-17-16-25-19-9-3-2-8-18(17)19;/h2-4,6,8-10,14,16,25H,5,7,11-13,15H2,1H3,(H2,22,23,24);1H. The van der Waals surface area contributed by atoms with Gasteiger partial charge in [0.05, 0.1) is 0 Å². The number of hydrogen-bond acceptors (Lipinski definition) is 2. The van der Waals surface area contributed by atoms with Crippen molar-refractivity contribution in [1.82, 2.24) is 20.2 Å². The highest BCUT2D eigenvalue weighted by Gasteiger charge is 2.03. The fourth-order valence-electron chi connectivity index (χ4n) is 3.13. The van der Waals surface area contributed by atoms with E-state index in [-0.39, 0.29) is 29.5 Å². The number of H-pyrrole nitrogens is 1. The van der Waals surface area contributed by atoms with Crippen molar-refractivity contribution < 1.29 is 0 Å². The van der Waals surface area contributed by atoms with E-state index in [1.54, 1.807) is 23.7 Å². The van der Waals surface area contributed by atoms with Gasteiger partial charge in [0.15, 0.2) is 5.96 Å². The maximum absolute atomic E-state index is 11.7. The van der Waals surface area contributed by atoms with Gasteiger partial charge < -0.3 is 20.2 Å². The lowest BCUT2D eigenvalue weighted by Crippen LogP contribution is -2.38. The monoisotopic (exact) mass is 493 g/mol. The number of pyridine rings is 1. The average molecular weight is 493 g/mol. The van der Waals surface area contributed by atoms with Crippen molar-refractivity contribution in [3.8, 4) is 0 Å². The lowest BCUT2D eigenvalue weighted by atomic mass is 10.1. The van der Waals surface area contributed by atoms with Crippen LogP contribution in [0.25, 0.3) is 10.9 Å². The van der Waals surface area contributed by atoms with Crippen LogP contribution in [0.4, 0.5) is 0 Å². The van der Waals surface area contributed by atoms with E-state index in [1.165, 1.54) is 16.5 Å². The van der Waals surface area contributed by atoms with E-state index >= 15 is 0 Å². The van der Waals surface area contributed by atoms with Crippen LogP contribution in [-0.4, -0.2) is 35.6 Å². The SMILES string of the molecule is CN=C(NCCCCn1ccccc1=O)NCCc1c[nH]c2ccccc12.I. The van der Waals surface area contributed by atoms with Crippen LogP contribution in [0.1, 0.15) is 18.4 Å². The van der Waals surface area contributed by atoms with Gasteiger partial charge in [-0.15, -0.1) is 24.0 Å². The second-order valence-corrected chi connectivity index (χ2v) is 6.47. The summed E-state index contributed by atoms with van der Waals surface area (Å²) in [5, 5.41) is 7.97. The molecule has 0 amide bonds. The Morgan fingerprint density at radius 3 is 2.68 bits per heavy atom. The number of fused-ring (bicyclic) bond motifs is 1.